The molecule has 8 aromatic carbocycles. The Morgan fingerprint density at radius 3 is 1.56 bits per heavy atom. The van der Waals surface area contributed by atoms with Crippen molar-refractivity contribution in [2.75, 3.05) is 0 Å². The lowest BCUT2D eigenvalue weighted by atomic mass is 9.77. The van der Waals surface area contributed by atoms with E-state index in [4.69, 9.17) is 0 Å². The maximum absolute atomic E-state index is 2.39. The van der Waals surface area contributed by atoms with Crippen molar-refractivity contribution in [3.63, 3.8) is 0 Å². The fourth-order valence-corrected chi connectivity index (χ4v) is 8.00. The van der Waals surface area contributed by atoms with E-state index in [1.807, 2.05) is 0 Å². The molecule has 0 amide bonds. The van der Waals surface area contributed by atoms with Crippen molar-refractivity contribution in [2.24, 2.45) is 0 Å². The molecule has 0 N–H and O–H groups in total. The Kier molecular flexibility index (Phi) is 5.64. The van der Waals surface area contributed by atoms with Crippen molar-refractivity contribution in [3.05, 3.63) is 169 Å². The molecule has 212 valence electrons. The van der Waals surface area contributed by atoms with Crippen LogP contribution in [0, 0.1) is 0 Å². The second kappa shape index (κ2) is 9.78. The highest BCUT2D eigenvalue weighted by molar-refractivity contribution is 6.22. The standard InChI is InChI=1S/C45H32/c1-45(2)41-22-11-10-15-34(41)39-20-12-21-40(44(39)45)43-37-18-8-6-16-35(37)42(36-17-7-9-19-38(36)43)33-26-25-31-27-30(23-24-32(31)28-33)29-13-4-3-5-14-29/h3-28H,1-2H3. The third kappa shape index (κ3) is 3.85. The first-order valence-corrected chi connectivity index (χ1v) is 15.9. The van der Waals surface area contributed by atoms with Gasteiger partial charge in [0, 0.05) is 5.41 Å². The van der Waals surface area contributed by atoms with E-state index in [0.717, 1.165) is 0 Å². The predicted molar refractivity (Wildman–Crippen MR) is 193 cm³/mol. The molecule has 9 rings (SSSR count). The summed E-state index contributed by atoms with van der Waals surface area (Å²) >= 11 is 0. The van der Waals surface area contributed by atoms with Gasteiger partial charge in [0.1, 0.15) is 0 Å². The molecule has 0 heterocycles. The van der Waals surface area contributed by atoms with Crippen LogP contribution >= 0.6 is 0 Å². The normalized spacial score (nSPS) is 13.3. The van der Waals surface area contributed by atoms with Crippen molar-refractivity contribution in [3.8, 4) is 44.5 Å². The topological polar surface area (TPSA) is 0 Å². The van der Waals surface area contributed by atoms with E-state index in [1.165, 1.54) is 88.0 Å². The fraction of sp³-hybridized carbons (Fsp3) is 0.0667. The molecule has 0 bridgehead atoms. The molecule has 0 heteroatoms. The van der Waals surface area contributed by atoms with Gasteiger partial charge in [0.25, 0.3) is 0 Å². The predicted octanol–water partition coefficient (Wildman–Crippen LogP) is 12.5. The average Bonchev–Trinajstić information content (AvgIpc) is 3.33. The van der Waals surface area contributed by atoms with E-state index in [1.54, 1.807) is 0 Å². The summed E-state index contributed by atoms with van der Waals surface area (Å²) in [5.41, 5.74) is 13.2. The molecule has 1 aliphatic carbocycles. The lowest BCUT2D eigenvalue weighted by Crippen LogP contribution is -2.16. The molecule has 0 fully saturated rings. The summed E-state index contributed by atoms with van der Waals surface area (Å²) in [6.45, 7) is 4.77. The third-order valence-electron chi connectivity index (χ3n) is 10.0. The van der Waals surface area contributed by atoms with E-state index in [0.29, 0.717) is 0 Å². The van der Waals surface area contributed by atoms with E-state index < -0.39 is 0 Å². The van der Waals surface area contributed by atoms with Crippen molar-refractivity contribution < 1.29 is 0 Å². The molecule has 0 radical (unpaired) electrons. The molecular formula is C45H32. The molecule has 45 heavy (non-hydrogen) atoms. The number of hydrogen-bond donors (Lipinski definition) is 0. The van der Waals surface area contributed by atoms with Gasteiger partial charge in [-0.3, -0.25) is 0 Å². The van der Waals surface area contributed by atoms with Gasteiger partial charge in [-0.1, -0.05) is 159 Å². The van der Waals surface area contributed by atoms with E-state index in [-0.39, 0.29) is 5.41 Å². The Morgan fingerprint density at radius 1 is 0.356 bits per heavy atom. The zero-order valence-corrected chi connectivity index (χ0v) is 25.5. The molecule has 0 unspecified atom stereocenters. The molecule has 0 saturated carbocycles. The summed E-state index contributed by atoms with van der Waals surface area (Å²) in [6.07, 6.45) is 0. The van der Waals surface area contributed by atoms with Crippen molar-refractivity contribution in [1.29, 1.82) is 0 Å². The van der Waals surface area contributed by atoms with Gasteiger partial charge >= 0.3 is 0 Å². The number of rotatable bonds is 3. The zero-order chi connectivity index (χ0) is 30.1. The lowest BCUT2D eigenvalue weighted by molar-refractivity contribution is 0.662. The van der Waals surface area contributed by atoms with Crippen LogP contribution in [-0.4, -0.2) is 0 Å². The maximum Gasteiger partial charge on any atom is 0.0165 e. The Bertz CT molecular complexity index is 2390. The minimum absolute atomic E-state index is 0.0969. The molecular weight excluding hydrogens is 540 g/mol. The molecule has 0 nitrogen and oxygen atoms in total. The summed E-state index contributed by atoms with van der Waals surface area (Å²) < 4.78 is 0. The minimum Gasteiger partial charge on any atom is -0.0622 e. The molecule has 0 aliphatic heterocycles. The van der Waals surface area contributed by atoms with Gasteiger partial charge in [-0.2, -0.15) is 0 Å². The highest BCUT2D eigenvalue weighted by Crippen LogP contribution is 2.54. The van der Waals surface area contributed by atoms with Gasteiger partial charge in [0.15, 0.2) is 0 Å². The van der Waals surface area contributed by atoms with E-state index >= 15 is 0 Å². The van der Waals surface area contributed by atoms with E-state index in [2.05, 4.69) is 172 Å². The van der Waals surface area contributed by atoms with Crippen LogP contribution in [0.5, 0.6) is 0 Å². The Balaban J connectivity index is 1.31. The first-order valence-electron chi connectivity index (χ1n) is 15.9. The highest BCUT2D eigenvalue weighted by Gasteiger charge is 2.37. The first kappa shape index (κ1) is 26.0. The smallest absolute Gasteiger partial charge is 0.0165 e. The van der Waals surface area contributed by atoms with Crippen LogP contribution in [0.4, 0.5) is 0 Å². The lowest BCUT2D eigenvalue weighted by Gasteiger charge is -2.26. The summed E-state index contributed by atoms with van der Waals surface area (Å²) in [6, 6.07) is 58.3. The van der Waals surface area contributed by atoms with Crippen LogP contribution in [0.3, 0.4) is 0 Å². The maximum atomic E-state index is 2.39. The van der Waals surface area contributed by atoms with Gasteiger partial charge < -0.3 is 0 Å². The molecule has 0 saturated heterocycles. The van der Waals surface area contributed by atoms with Crippen LogP contribution in [-0.2, 0) is 5.41 Å². The second-order valence-corrected chi connectivity index (χ2v) is 12.9. The van der Waals surface area contributed by atoms with Crippen molar-refractivity contribution in [2.45, 2.75) is 19.3 Å². The number of fused-ring (bicyclic) bond motifs is 6. The van der Waals surface area contributed by atoms with Gasteiger partial charge in [0.05, 0.1) is 0 Å². The SMILES string of the molecule is CC1(C)c2ccccc2-c2cccc(-c3c4ccccc4c(-c4ccc5cc(-c6ccccc6)ccc5c4)c4ccccc34)c21. The second-order valence-electron chi connectivity index (χ2n) is 12.9. The molecule has 0 aromatic heterocycles. The molecule has 1 aliphatic rings. The van der Waals surface area contributed by atoms with Crippen molar-refractivity contribution >= 4 is 32.3 Å². The van der Waals surface area contributed by atoms with E-state index in [9.17, 15) is 0 Å². The Morgan fingerprint density at radius 2 is 0.867 bits per heavy atom. The summed E-state index contributed by atoms with van der Waals surface area (Å²) in [4.78, 5) is 0. The molecule has 0 atom stereocenters. The molecule has 8 aromatic rings. The van der Waals surface area contributed by atoms with Gasteiger partial charge in [-0.15, -0.1) is 0 Å². The van der Waals surface area contributed by atoms with Crippen LogP contribution < -0.4 is 0 Å². The molecule has 0 spiro atoms. The van der Waals surface area contributed by atoms with Gasteiger partial charge in [-0.25, -0.2) is 0 Å². The minimum atomic E-state index is -0.0969. The Labute approximate surface area is 264 Å². The number of hydrogen-bond acceptors (Lipinski definition) is 0. The van der Waals surface area contributed by atoms with Gasteiger partial charge in [0.2, 0.25) is 0 Å². The van der Waals surface area contributed by atoms with Crippen molar-refractivity contribution in [1.82, 2.24) is 0 Å². The quantitative estimate of drug-likeness (QED) is 0.185. The summed E-state index contributed by atoms with van der Waals surface area (Å²) in [7, 11) is 0. The monoisotopic (exact) mass is 572 g/mol. The number of benzene rings is 8. The van der Waals surface area contributed by atoms with Crippen LogP contribution in [0.2, 0.25) is 0 Å². The Hall–Kier alpha value is -5.46. The largest absolute Gasteiger partial charge is 0.0622 e. The zero-order valence-electron chi connectivity index (χ0n) is 25.5. The summed E-state index contributed by atoms with van der Waals surface area (Å²) in [5, 5.41) is 7.68. The average molecular weight is 573 g/mol. The first-order chi connectivity index (χ1) is 22.1. The van der Waals surface area contributed by atoms with Crippen LogP contribution in [0.1, 0.15) is 25.0 Å². The van der Waals surface area contributed by atoms with Crippen LogP contribution in [0.15, 0.2) is 158 Å². The fourth-order valence-electron chi connectivity index (χ4n) is 8.00. The summed E-state index contributed by atoms with van der Waals surface area (Å²) in [5.74, 6) is 0. The highest BCUT2D eigenvalue weighted by atomic mass is 14.4. The van der Waals surface area contributed by atoms with Crippen LogP contribution in [0.25, 0.3) is 76.8 Å². The third-order valence-corrected chi connectivity index (χ3v) is 10.0. The van der Waals surface area contributed by atoms with Gasteiger partial charge in [-0.05, 0) is 100 Å².